The van der Waals surface area contributed by atoms with Gasteiger partial charge in [-0.15, -0.1) is 0 Å². The van der Waals surface area contributed by atoms with Crippen LogP contribution in [0.15, 0.2) is 11.1 Å². The Morgan fingerprint density at radius 3 is 2.00 bits per heavy atom. The van der Waals surface area contributed by atoms with Crippen LogP contribution in [-0.4, -0.2) is 27.5 Å². The molecule has 0 aliphatic heterocycles. The molecule has 0 spiro atoms. The molecule has 4 N–H and O–H groups in total. The third-order valence-corrected chi connectivity index (χ3v) is 3.69. The molecule has 0 rings (SSSR count). The highest BCUT2D eigenvalue weighted by atomic mass is 32.1. The number of amides is 1. The fourth-order valence-corrected chi connectivity index (χ4v) is 1.44. The number of hydrogen-bond donors (Lipinski definition) is 3. The number of nitrogens with one attached hydrogen (secondary N) is 1. The van der Waals surface area contributed by atoms with Crippen molar-refractivity contribution in [1.29, 1.82) is 0 Å². The average Bonchev–Trinajstić information content (AvgIpc) is 2.25. The summed E-state index contributed by atoms with van der Waals surface area (Å²) < 4.78 is 0. The van der Waals surface area contributed by atoms with Gasteiger partial charge >= 0.3 is 5.97 Å². The van der Waals surface area contributed by atoms with E-state index in [4.69, 9.17) is 23.1 Å². The third-order valence-electron chi connectivity index (χ3n) is 3.26. The van der Waals surface area contributed by atoms with Crippen molar-refractivity contribution in [2.75, 3.05) is 0 Å². The number of thiocarbonyl (C=S) groups is 1. The molecular weight excluding hydrogens is 252 g/mol. The van der Waals surface area contributed by atoms with E-state index in [1.807, 2.05) is 13.8 Å². The highest BCUT2D eigenvalue weighted by Crippen LogP contribution is 2.18. The SMILES string of the molecule is C/C(C(=O)O)=C(\C)C(=O)NC(C)(C(N)=S)C(C)C. The van der Waals surface area contributed by atoms with E-state index in [-0.39, 0.29) is 22.1 Å². The lowest BCUT2D eigenvalue weighted by Gasteiger charge is -2.34. The van der Waals surface area contributed by atoms with E-state index in [0.717, 1.165) is 0 Å². The summed E-state index contributed by atoms with van der Waals surface area (Å²) in [4.78, 5) is 22.9. The number of carboxylic acids is 1. The van der Waals surface area contributed by atoms with Crippen molar-refractivity contribution in [2.45, 2.75) is 40.2 Å². The summed E-state index contributed by atoms with van der Waals surface area (Å²) in [5, 5.41) is 11.5. The number of carboxylic acid groups (broad SMARTS) is 1. The summed E-state index contributed by atoms with van der Waals surface area (Å²) in [6.07, 6.45) is 0. The second-order valence-electron chi connectivity index (χ2n) is 4.73. The number of carbonyl (C=O) groups excluding carboxylic acids is 1. The molecule has 0 aromatic heterocycles. The summed E-state index contributed by atoms with van der Waals surface area (Å²) in [6, 6.07) is 0. The molecular formula is C12H20N2O3S. The van der Waals surface area contributed by atoms with Gasteiger partial charge in [-0.2, -0.15) is 0 Å². The summed E-state index contributed by atoms with van der Waals surface area (Å²) in [5.74, 6) is -1.60. The number of carbonyl (C=O) groups is 2. The van der Waals surface area contributed by atoms with Gasteiger partial charge < -0.3 is 16.2 Å². The Morgan fingerprint density at radius 1 is 1.28 bits per heavy atom. The van der Waals surface area contributed by atoms with Crippen molar-refractivity contribution < 1.29 is 14.7 Å². The summed E-state index contributed by atoms with van der Waals surface area (Å²) in [6.45, 7) is 8.32. The molecule has 6 heteroatoms. The molecule has 102 valence electrons. The van der Waals surface area contributed by atoms with E-state index >= 15 is 0 Å². The van der Waals surface area contributed by atoms with Crippen LogP contribution in [0.3, 0.4) is 0 Å². The van der Waals surface area contributed by atoms with Gasteiger partial charge in [0.15, 0.2) is 0 Å². The molecule has 0 aliphatic carbocycles. The van der Waals surface area contributed by atoms with Crippen LogP contribution in [0.4, 0.5) is 0 Å². The Labute approximate surface area is 112 Å². The third kappa shape index (κ3) is 3.53. The normalized spacial score (nSPS) is 15.7. The molecule has 0 bridgehead atoms. The van der Waals surface area contributed by atoms with Gasteiger partial charge in [0, 0.05) is 11.1 Å². The van der Waals surface area contributed by atoms with Crippen LogP contribution in [0.25, 0.3) is 0 Å². The Kier molecular flexibility index (Phi) is 5.48. The molecule has 0 aromatic rings. The van der Waals surface area contributed by atoms with Gasteiger partial charge in [-0.1, -0.05) is 26.1 Å². The smallest absolute Gasteiger partial charge is 0.331 e. The topological polar surface area (TPSA) is 92.4 Å². The van der Waals surface area contributed by atoms with E-state index in [0.29, 0.717) is 0 Å². The van der Waals surface area contributed by atoms with Gasteiger partial charge in [-0.25, -0.2) is 4.79 Å². The molecule has 0 fully saturated rings. The van der Waals surface area contributed by atoms with Gasteiger partial charge in [0.05, 0.1) is 10.5 Å². The number of rotatable bonds is 5. The highest BCUT2D eigenvalue weighted by Gasteiger charge is 2.34. The lowest BCUT2D eigenvalue weighted by Crippen LogP contribution is -2.58. The van der Waals surface area contributed by atoms with Crippen molar-refractivity contribution in [3.63, 3.8) is 0 Å². The minimum absolute atomic E-state index is 0.00143. The molecule has 1 amide bonds. The molecule has 0 saturated carbocycles. The number of aliphatic carboxylic acids is 1. The van der Waals surface area contributed by atoms with Crippen LogP contribution in [0.2, 0.25) is 0 Å². The van der Waals surface area contributed by atoms with Crippen molar-refractivity contribution in [3.8, 4) is 0 Å². The maximum Gasteiger partial charge on any atom is 0.331 e. The second kappa shape index (κ2) is 5.95. The summed E-state index contributed by atoms with van der Waals surface area (Å²) >= 11 is 4.96. The predicted octanol–water partition coefficient (Wildman–Crippen LogP) is 1.22. The number of nitrogens with two attached hydrogens (primary N) is 1. The molecule has 1 unspecified atom stereocenters. The largest absolute Gasteiger partial charge is 0.478 e. The van der Waals surface area contributed by atoms with E-state index in [9.17, 15) is 9.59 Å². The molecule has 0 aliphatic rings. The molecule has 1 atom stereocenters. The Balaban J connectivity index is 5.23. The van der Waals surface area contributed by atoms with Gasteiger partial charge in [-0.05, 0) is 26.7 Å². The zero-order chi connectivity index (χ0) is 14.7. The molecule has 0 saturated heterocycles. The zero-order valence-electron chi connectivity index (χ0n) is 11.3. The quantitative estimate of drug-likeness (QED) is 0.517. The summed E-state index contributed by atoms with van der Waals surface area (Å²) in [7, 11) is 0. The van der Waals surface area contributed by atoms with Crippen molar-refractivity contribution in [3.05, 3.63) is 11.1 Å². The molecule has 5 nitrogen and oxygen atoms in total. The molecule has 18 heavy (non-hydrogen) atoms. The zero-order valence-corrected chi connectivity index (χ0v) is 12.1. The Bertz CT molecular complexity index is 416. The van der Waals surface area contributed by atoms with Crippen LogP contribution < -0.4 is 11.1 Å². The standard InChI is InChI=1S/C12H20N2O3S/c1-6(2)12(5,11(13)18)14-9(15)7(3)8(4)10(16)17/h6H,1-5H3,(H2,13,18)(H,14,15)(H,16,17)/b8-7-. The summed E-state index contributed by atoms with van der Waals surface area (Å²) in [5.41, 5.74) is 4.95. The van der Waals surface area contributed by atoms with Crippen molar-refractivity contribution in [2.24, 2.45) is 11.7 Å². The van der Waals surface area contributed by atoms with E-state index < -0.39 is 17.4 Å². The minimum Gasteiger partial charge on any atom is -0.478 e. The Morgan fingerprint density at radius 2 is 1.72 bits per heavy atom. The maximum atomic E-state index is 12.0. The Hall–Kier alpha value is -1.43. The van der Waals surface area contributed by atoms with Gasteiger partial charge in [0.25, 0.3) is 0 Å². The second-order valence-corrected chi connectivity index (χ2v) is 5.17. The maximum absolute atomic E-state index is 12.0. The fourth-order valence-electron chi connectivity index (χ4n) is 1.15. The predicted molar refractivity (Wildman–Crippen MR) is 74.2 cm³/mol. The highest BCUT2D eigenvalue weighted by molar-refractivity contribution is 7.80. The lowest BCUT2D eigenvalue weighted by molar-refractivity contribution is -0.133. The first-order chi connectivity index (χ1) is 8.04. The van der Waals surface area contributed by atoms with Crippen molar-refractivity contribution in [1.82, 2.24) is 5.32 Å². The van der Waals surface area contributed by atoms with E-state index in [2.05, 4.69) is 5.32 Å². The van der Waals surface area contributed by atoms with Crippen LogP contribution in [0.5, 0.6) is 0 Å². The lowest BCUT2D eigenvalue weighted by atomic mass is 9.88. The first-order valence-corrected chi connectivity index (χ1v) is 5.98. The first-order valence-electron chi connectivity index (χ1n) is 5.57. The van der Waals surface area contributed by atoms with Crippen LogP contribution >= 0.6 is 12.2 Å². The molecule has 0 heterocycles. The average molecular weight is 272 g/mol. The van der Waals surface area contributed by atoms with Crippen LogP contribution in [-0.2, 0) is 9.59 Å². The fraction of sp³-hybridized carbons (Fsp3) is 0.583. The van der Waals surface area contributed by atoms with Gasteiger partial charge in [0.2, 0.25) is 5.91 Å². The van der Waals surface area contributed by atoms with Crippen LogP contribution in [0.1, 0.15) is 34.6 Å². The minimum atomic E-state index is -1.12. The van der Waals surface area contributed by atoms with Gasteiger partial charge in [0.1, 0.15) is 0 Å². The first kappa shape index (κ1) is 16.6. The monoisotopic (exact) mass is 272 g/mol. The molecule has 0 radical (unpaired) electrons. The van der Waals surface area contributed by atoms with Crippen molar-refractivity contribution >= 4 is 29.1 Å². The van der Waals surface area contributed by atoms with E-state index in [1.54, 1.807) is 6.92 Å². The number of hydrogen-bond acceptors (Lipinski definition) is 3. The molecule has 0 aromatic carbocycles. The van der Waals surface area contributed by atoms with E-state index in [1.165, 1.54) is 13.8 Å². The van der Waals surface area contributed by atoms with Crippen LogP contribution in [0, 0.1) is 5.92 Å². The van der Waals surface area contributed by atoms with Gasteiger partial charge in [-0.3, -0.25) is 4.79 Å².